The van der Waals surface area contributed by atoms with Crippen LogP contribution in [-0.2, 0) is 4.74 Å². The molecule has 0 radical (unpaired) electrons. The SMILES string of the molecule is CC(C)(C)OC(=O)N1CCC(COc2cc(-n3c(C(F)F)nc4ccccc43)nc(C=O)n2)CC1. The summed E-state index contributed by atoms with van der Waals surface area (Å²) in [6.45, 7) is 6.85. The number of aldehydes is 1. The number of rotatable bonds is 6. The smallest absolute Gasteiger partial charge is 0.410 e. The van der Waals surface area contributed by atoms with Gasteiger partial charge in [-0.2, -0.15) is 4.98 Å². The summed E-state index contributed by atoms with van der Waals surface area (Å²) in [5.41, 5.74) is 0.259. The first-order valence-corrected chi connectivity index (χ1v) is 11.4. The van der Waals surface area contributed by atoms with E-state index in [1.54, 1.807) is 29.2 Å². The number of aromatic nitrogens is 4. The lowest BCUT2D eigenvalue weighted by atomic mass is 9.98. The number of halogens is 2. The Labute approximate surface area is 201 Å². The molecule has 1 fully saturated rings. The van der Waals surface area contributed by atoms with E-state index in [1.165, 1.54) is 10.6 Å². The molecule has 186 valence electrons. The molecule has 1 amide bonds. The normalized spacial score (nSPS) is 15.0. The molecule has 1 aromatic carbocycles. The van der Waals surface area contributed by atoms with Crippen LogP contribution in [0, 0.1) is 5.92 Å². The predicted molar refractivity (Wildman–Crippen MR) is 123 cm³/mol. The molecular formula is C24H27F2N5O4. The fourth-order valence-electron chi connectivity index (χ4n) is 3.92. The van der Waals surface area contributed by atoms with Gasteiger partial charge in [0.2, 0.25) is 5.88 Å². The topological polar surface area (TPSA) is 99.4 Å². The summed E-state index contributed by atoms with van der Waals surface area (Å²) >= 11 is 0. The van der Waals surface area contributed by atoms with Crippen LogP contribution in [0.2, 0.25) is 0 Å². The number of hydrogen-bond acceptors (Lipinski definition) is 7. The van der Waals surface area contributed by atoms with Crippen molar-refractivity contribution in [3.63, 3.8) is 0 Å². The van der Waals surface area contributed by atoms with Crippen molar-refractivity contribution in [2.75, 3.05) is 19.7 Å². The Morgan fingerprint density at radius 2 is 1.89 bits per heavy atom. The zero-order valence-electron chi connectivity index (χ0n) is 19.8. The average molecular weight is 488 g/mol. The minimum atomic E-state index is -2.85. The quantitative estimate of drug-likeness (QED) is 0.469. The number of para-hydroxylation sites is 2. The van der Waals surface area contributed by atoms with E-state index in [4.69, 9.17) is 9.47 Å². The Hall–Kier alpha value is -3.63. The number of carbonyl (C=O) groups is 2. The number of nitrogens with zero attached hydrogens (tertiary/aromatic N) is 5. The van der Waals surface area contributed by atoms with E-state index in [9.17, 15) is 18.4 Å². The molecule has 0 bridgehead atoms. The van der Waals surface area contributed by atoms with Crippen LogP contribution in [0.1, 0.15) is 56.5 Å². The van der Waals surface area contributed by atoms with Crippen LogP contribution in [0.25, 0.3) is 16.9 Å². The minimum Gasteiger partial charge on any atom is -0.477 e. The summed E-state index contributed by atoms with van der Waals surface area (Å²) in [7, 11) is 0. The molecule has 1 aliphatic rings. The molecule has 2 aromatic heterocycles. The Morgan fingerprint density at radius 3 is 2.54 bits per heavy atom. The molecule has 0 atom stereocenters. The maximum absolute atomic E-state index is 13.7. The zero-order valence-corrected chi connectivity index (χ0v) is 19.8. The average Bonchev–Trinajstić information content (AvgIpc) is 3.22. The van der Waals surface area contributed by atoms with Gasteiger partial charge < -0.3 is 14.4 Å². The minimum absolute atomic E-state index is 0.0702. The molecule has 0 saturated carbocycles. The van der Waals surface area contributed by atoms with Crippen molar-refractivity contribution in [3.8, 4) is 11.7 Å². The molecule has 3 heterocycles. The maximum atomic E-state index is 13.7. The van der Waals surface area contributed by atoms with Crippen LogP contribution in [0.5, 0.6) is 5.88 Å². The molecule has 1 aliphatic heterocycles. The van der Waals surface area contributed by atoms with Crippen molar-refractivity contribution in [3.05, 3.63) is 42.0 Å². The van der Waals surface area contributed by atoms with Gasteiger partial charge in [-0.25, -0.2) is 23.5 Å². The van der Waals surface area contributed by atoms with Crippen LogP contribution in [-0.4, -0.2) is 62.1 Å². The molecular weight excluding hydrogens is 460 g/mol. The summed E-state index contributed by atoms with van der Waals surface area (Å²) in [4.78, 5) is 37.6. The Morgan fingerprint density at radius 1 is 1.17 bits per heavy atom. The van der Waals surface area contributed by atoms with Gasteiger partial charge in [0.1, 0.15) is 11.4 Å². The van der Waals surface area contributed by atoms with E-state index < -0.39 is 17.9 Å². The third-order valence-corrected chi connectivity index (χ3v) is 5.56. The van der Waals surface area contributed by atoms with Crippen LogP contribution < -0.4 is 4.74 Å². The highest BCUT2D eigenvalue weighted by molar-refractivity contribution is 5.78. The molecule has 11 heteroatoms. The van der Waals surface area contributed by atoms with Gasteiger partial charge in [0.05, 0.1) is 17.6 Å². The van der Waals surface area contributed by atoms with Gasteiger partial charge in [0.25, 0.3) is 6.43 Å². The largest absolute Gasteiger partial charge is 0.477 e. The first-order chi connectivity index (χ1) is 16.6. The zero-order chi connectivity index (χ0) is 25.2. The summed E-state index contributed by atoms with van der Waals surface area (Å²) < 4.78 is 40.0. The maximum Gasteiger partial charge on any atom is 0.410 e. The predicted octanol–water partition coefficient (Wildman–Crippen LogP) is 4.59. The Kier molecular flexibility index (Phi) is 6.95. The Bertz CT molecular complexity index is 1220. The number of amides is 1. The summed E-state index contributed by atoms with van der Waals surface area (Å²) in [6, 6.07) is 8.10. The van der Waals surface area contributed by atoms with Crippen LogP contribution in [0.3, 0.4) is 0 Å². The van der Waals surface area contributed by atoms with Crippen molar-refractivity contribution in [1.29, 1.82) is 0 Å². The summed E-state index contributed by atoms with van der Waals surface area (Å²) in [5.74, 6) is -0.347. The number of piperidine rings is 1. The first-order valence-electron chi connectivity index (χ1n) is 11.4. The highest BCUT2D eigenvalue weighted by Crippen LogP contribution is 2.28. The van der Waals surface area contributed by atoms with E-state index >= 15 is 0 Å². The number of carbonyl (C=O) groups excluding carboxylic acids is 2. The second-order valence-electron chi connectivity index (χ2n) is 9.36. The number of imidazole rings is 1. The highest BCUT2D eigenvalue weighted by Gasteiger charge is 2.27. The molecule has 0 unspecified atom stereocenters. The lowest BCUT2D eigenvalue weighted by molar-refractivity contribution is 0.0164. The van der Waals surface area contributed by atoms with E-state index in [0.717, 1.165) is 0 Å². The lowest BCUT2D eigenvalue weighted by Gasteiger charge is -2.33. The number of alkyl halides is 2. The van der Waals surface area contributed by atoms with E-state index in [2.05, 4.69) is 15.0 Å². The van der Waals surface area contributed by atoms with Crippen LogP contribution in [0.15, 0.2) is 30.3 Å². The molecule has 3 aromatic rings. The van der Waals surface area contributed by atoms with Gasteiger partial charge in [-0.1, -0.05) is 12.1 Å². The summed E-state index contributed by atoms with van der Waals surface area (Å²) in [5, 5.41) is 0. The van der Waals surface area contributed by atoms with Gasteiger partial charge in [0, 0.05) is 19.2 Å². The van der Waals surface area contributed by atoms with Crippen molar-refractivity contribution in [1.82, 2.24) is 24.4 Å². The van der Waals surface area contributed by atoms with Gasteiger partial charge in [-0.05, 0) is 51.7 Å². The third-order valence-electron chi connectivity index (χ3n) is 5.56. The van der Waals surface area contributed by atoms with Crippen molar-refractivity contribution >= 4 is 23.4 Å². The monoisotopic (exact) mass is 487 g/mol. The van der Waals surface area contributed by atoms with Gasteiger partial charge in [0.15, 0.2) is 17.9 Å². The van der Waals surface area contributed by atoms with Crippen LogP contribution in [0.4, 0.5) is 13.6 Å². The Balaban J connectivity index is 1.49. The van der Waals surface area contributed by atoms with Gasteiger partial charge in [-0.3, -0.25) is 9.36 Å². The fourth-order valence-corrected chi connectivity index (χ4v) is 3.92. The van der Waals surface area contributed by atoms with E-state index in [1.807, 2.05) is 20.8 Å². The number of ether oxygens (including phenoxy) is 2. The van der Waals surface area contributed by atoms with Crippen molar-refractivity contribution < 1.29 is 27.8 Å². The second kappa shape index (κ2) is 9.93. The number of benzene rings is 1. The van der Waals surface area contributed by atoms with E-state index in [-0.39, 0.29) is 29.5 Å². The molecule has 9 nitrogen and oxygen atoms in total. The van der Waals surface area contributed by atoms with Crippen molar-refractivity contribution in [2.24, 2.45) is 5.92 Å². The molecule has 0 N–H and O–H groups in total. The van der Waals surface area contributed by atoms with Gasteiger partial charge in [-0.15, -0.1) is 0 Å². The molecule has 1 saturated heterocycles. The fraction of sp³-hybridized carbons (Fsp3) is 0.458. The molecule has 0 spiro atoms. The van der Waals surface area contributed by atoms with Crippen molar-refractivity contribution in [2.45, 2.75) is 45.6 Å². The second-order valence-corrected chi connectivity index (χ2v) is 9.36. The van der Waals surface area contributed by atoms with E-state index in [0.29, 0.717) is 49.9 Å². The number of hydrogen-bond donors (Lipinski definition) is 0. The lowest BCUT2D eigenvalue weighted by Crippen LogP contribution is -2.42. The summed E-state index contributed by atoms with van der Waals surface area (Å²) in [6.07, 6.45) is -1.33. The molecule has 0 aliphatic carbocycles. The molecule has 35 heavy (non-hydrogen) atoms. The first kappa shape index (κ1) is 24.5. The third kappa shape index (κ3) is 5.72. The van der Waals surface area contributed by atoms with Crippen LogP contribution >= 0.6 is 0 Å². The number of fused-ring (bicyclic) bond motifs is 1. The number of likely N-dealkylation sites (tertiary alicyclic amines) is 1. The standard InChI is InChI=1S/C24H27F2N5O4/c1-24(2,3)35-23(33)30-10-8-15(9-11-30)14-34-20-12-19(28-18(13-32)29-20)31-17-7-5-4-6-16(17)27-22(31)21(25)26/h4-7,12-13,15,21H,8-11,14H2,1-3H3. The van der Waals surface area contributed by atoms with Gasteiger partial charge >= 0.3 is 6.09 Å². The molecule has 4 rings (SSSR count). The highest BCUT2D eigenvalue weighted by atomic mass is 19.3.